The Balaban J connectivity index is 3.56. The maximum Gasteiger partial charge on any atom is 0.169 e. The third kappa shape index (κ3) is 10.9. The van der Waals surface area contributed by atoms with Crippen molar-refractivity contribution < 1.29 is 4.79 Å². The molecule has 0 saturated carbocycles. The van der Waals surface area contributed by atoms with Gasteiger partial charge in [-0.1, -0.05) is 44.2 Å². The van der Waals surface area contributed by atoms with Gasteiger partial charge in [-0.3, -0.25) is 4.79 Å². The highest BCUT2D eigenvalue weighted by atomic mass is 16.1. The van der Waals surface area contributed by atoms with Gasteiger partial charge in [-0.25, -0.2) is 0 Å². The van der Waals surface area contributed by atoms with Gasteiger partial charge in [-0.15, -0.1) is 0 Å². The van der Waals surface area contributed by atoms with Crippen molar-refractivity contribution in [3.63, 3.8) is 0 Å². The van der Waals surface area contributed by atoms with E-state index < -0.39 is 0 Å². The zero-order chi connectivity index (χ0) is 12.2. The first kappa shape index (κ1) is 14.8. The van der Waals surface area contributed by atoms with Gasteiger partial charge in [0.1, 0.15) is 0 Å². The third-order valence-electron chi connectivity index (χ3n) is 1.93. The fourth-order valence-electron chi connectivity index (χ4n) is 1.06. The van der Waals surface area contributed by atoms with Crippen molar-refractivity contribution >= 4 is 5.78 Å². The van der Waals surface area contributed by atoms with Crippen molar-refractivity contribution in [1.29, 1.82) is 0 Å². The molecule has 90 valence electrons. The van der Waals surface area contributed by atoms with Gasteiger partial charge in [0.2, 0.25) is 0 Å². The molecule has 0 spiro atoms. The van der Waals surface area contributed by atoms with Gasteiger partial charge in [-0.2, -0.15) is 0 Å². The zero-order valence-corrected chi connectivity index (χ0v) is 10.6. The molecule has 16 heavy (non-hydrogen) atoms. The number of ketones is 1. The molecule has 0 aromatic rings. The molecule has 0 heterocycles. The molecule has 0 unspecified atom stereocenters. The number of rotatable bonds is 8. The Bertz CT molecular complexity index is 262. The Kier molecular flexibility index (Phi) is 9.63. The Hall–Kier alpha value is -1.15. The van der Waals surface area contributed by atoms with Crippen LogP contribution in [0.2, 0.25) is 0 Å². The first-order valence-electron chi connectivity index (χ1n) is 5.87. The molecule has 0 fully saturated rings. The van der Waals surface area contributed by atoms with Crippen molar-refractivity contribution in [2.24, 2.45) is 0 Å². The molecular formula is C14H23NO. The minimum absolute atomic E-state index is 0.145. The fourth-order valence-corrected chi connectivity index (χ4v) is 1.06. The van der Waals surface area contributed by atoms with Gasteiger partial charge >= 0.3 is 0 Å². The molecule has 2 nitrogen and oxygen atoms in total. The summed E-state index contributed by atoms with van der Waals surface area (Å²) in [5, 5.41) is 3.09. The third-order valence-corrected chi connectivity index (χ3v) is 1.93. The van der Waals surface area contributed by atoms with E-state index in [-0.39, 0.29) is 5.78 Å². The van der Waals surface area contributed by atoms with Crippen LogP contribution in [0, 0.1) is 0 Å². The normalized spacial score (nSPS) is 12.5. The summed E-state index contributed by atoms with van der Waals surface area (Å²) in [4.78, 5) is 11.3. The second-order valence-electron chi connectivity index (χ2n) is 3.94. The quantitative estimate of drug-likeness (QED) is 0.388. The van der Waals surface area contributed by atoms with E-state index in [1.807, 2.05) is 45.1 Å². The summed E-state index contributed by atoms with van der Waals surface area (Å²) >= 11 is 0. The molecule has 0 rings (SSSR count). The topological polar surface area (TPSA) is 29.1 Å². The highest BCUT2D eigenvalue weighted by Crippen LogP contribution is 1.93. The average Bonchev–Trinajstić information content (AvgIpc) is 2.25. The summed E-state index contributed by atoms with van der Waals surface area (Å²) in [5.74, 6) is 0.145. The number of allylic oxidation sites excluding steroid dienone is 5. The lowest BCUT2D eigenvalue weighted by molar-refractivity contribution is -0.113. The van der Waals surface area contributed by atoms with Crippen molar-refractivity contribution in [1.82, 2.24) is 5.32 Å². The van der Waals surface area contributed by atoms with Crippen LogP contribution in [0.3, 0.4) is 0 Å². The second-order valence-corrected chi connectivity index (χ2v) is 3.94. The molecule has 0 aliphatic heterocycles. The summed E-state index contributed by atoms with van der Waals surface area (Å²) in [6, 6.07) is 0.362. The molecule has 0 aliphatic rings. The van der Waals surface area contributed by atoms with E-state index in [2.05, 4.69) is 11.4 Å². The predicted octanol–water partition coefficient (Wildman–Crippen LogP) is 3.02. The molecule has 2 heteroatoms. The Morgan fingerprint density at radius 2 is 1.88 bits per heavy atom. The van der Waals surface area contributed by atoms with E-state index in [4.69, 9.17) is 0 Å². The molecule has 0 aromatic carbocycles. The van der Waals surface area contributed by atoms with Crippen LogP contribution < -0.4 is 5.32 Å². The maximum atomic E-state index is 11.3. The predicted molar refractivity (Wildman–Crippen MR) is 70.5 cm³/mol. The van der Waals surface area contributed by atoms with E-state index in [1.165, 1.54) is 0 Å². The van der Waals surface area contributed by atoms with Gasteiger partial charge in [0, 0.05) is 6.04 Å². The lowest BCUT2D eigenvalue weighted by atomic mass is 10.2. The molecular weight excluding hydrogens is 198 g/mol. The Labute approximate surface area is 99.1 Å². The molecule has 1 N–H and O–H groups in total. The minimum atomic E-state index is 0.145. The molecule has 0 aromatic heterocycles. The first-order valence-corrected chi connectivity index (χ1v) is 5.87. The summed E-state index contributed by atoms with van der Waals surface area (Å²) in [7, 11) is 0. The summed E-state index contributed by atoms with van der Waals surface area (Å²) in [6.07, 6.45) is 13.6. The van der Waals surface area contributed by atoms with Crippen LogP contribution in [0.5, 0.6) is 0 Å². The Morgan fingerprint density at radius 3 is 2.50 bits per heavy atom. The van der Waals surface area contributed by atoms with Gasteiger partial charge in [0.25, 0.3) is 0 Å². The molecule has 0 amide bonds. The van der Waals surface area contributed by atoms with Crippen LogP contribution in [0.15, 0.2) is 36.5 Å². The van der Waals surface area contributed by atoms with E-state index in [0.29, 0.717) is 12.6 Å². The zero-order valence-electron chi connectivity index (χ0n) is 10.6. The van der Waals surface area contributed by atoms with Crippen LogP contribution in [-0.2, 0) is 4.79 Å². The van der Waals surface area contributed by atoms with Crippen LogP contribution in [0.25, 0.3) is 0 Å². The monoisotopic (exact) mass is 221 g/mol. The first-order chi connectivity index (χ1) is 7.66. The summed E-state index contributed by atoms with van der Waals surface area (Å²) < 4.78 is 0. The number of hydrogen-bond acceptors (Lipinski definition) is 2. The lowest BCUT2D eigenvalue weighted by Gasteiger charge is -2.04. The smallest absolute Gasteiger partial charge is 0.169 e. The molecule has 0 atom stereocenters. The maximum absolute atomic E-state index is 11.3. The van der Waals surface area contributed by atoms with Crippen molar-refractivity contribution in [2.45, 2.75) is 39.7 Å². The lowest BCUT2D eigenvalue weighted by Crippen LogP contribution is -2.28. The standard InChI is InChI=1S/C14H23NO/c1-4-5-6-7-8-9-10-11-14(16)12-15-13(2)3/h4-7,10-11,13,15H,8-9,12H2,1-3H3/b5-4-,7-6+,11-10+. The van der Waals surface area contributed by atoms with Crippen molar-refractivity contribution in [3.8, 4) is 0 Å². The van der Waals surface area contributed by atoms with Gasteiger partial charge in [-0.05, 0) is 25.8 Å². The number of carbonyl (C=O) groups is 1. The number of hydrogen-bond donors (Lipinski definition) is 1. The van der Waals surface area contributed by atoms with Crippen molar-refractivity contribution in [3.05, 3.63) is 36.5 Å². The largest absolute Gasteiger partial charge is 0.307 e. The highest BCUT2D eigenvalue weighted by Gasteiger charge is 1.96. The molecule has 0 bridgehead atoms. The second kappa shape index (κ2) is 10.4. The van der Waals surface area contributed by atoms with E-state index >= 15 is 0 Å². The Morgan fingerprint density at radius 1 is 1.19 bits per heavy atom. The van der Waals surface area contributed by atoms with Crippen molar-refractivity contribution in [2.75, 3.05) is 6.54 Å². The molecule has 0 aliphatic carbocycles. The number of nitrogens with one attached hydrogen (secondary N) is 1. The minimum Gasteiger partial charge on any atom is -0.307 e. The number of carbonyl (C=O) groups excluding carboxylic acids is 1. The van der Waals surface area contributed by atoms with E-state index in [1.54, 1.807) is 6.08 Å². The van der Waals surface area contributed by atoms with E-state index in [9.17, 15) is 4.79 Å². The fraction of sp³-hybridized carbons (Fsp3) is 0.500. The number of unbranched alkanes of at least 4 members (excludes halogenated alkanes) is 1. The summed E-state index contributed by atoms with van der Waals surface area (Å²) in [5.41, 5.74) is 0. The molecule has 0 saturated heterocycles. The van der Waals surface area contributed by atoms with Crippen LogP contribution in [0.4, 0.5) is 0 Å². The van der Waals surface area contributed by atoms with E-state index in [0.717, 1.165) is 12.8 Å². The van der Waals surface area contributed by atoms with Gasteiger partial charge < -0.3 is 5.32 Å². The molecule has 0 radical (unpaired) electrons. The van der Waals surface area contributed by atoms with Crippen LogP contribution >= 0.6 is 0 Å². The van der Waals surface area contributed by atoms with Gasteiger partial charge in [0.15, 0.2) is 5.78 Å². The van der Waals surface area contributed by atoms with Crippen LogP contribution in [-0.4, -0.2) is 18.4 Å². The SMILES string of the molecule is C/C=C\C=C\CC/C=C/C(=O)CNC(C)C. The van der Waals surface area contributed by atoms with Gasteiger partial charge in [0.05, 0.1) is 6.54 Å². The average molecular weight is 221 g/mol. The summed E-state index contributed by atoms with van der Waals surface area (Å²) in [6.45, 7) is 6.49. The van der Waals surface area contributed by atoms with Crippen LogP contribution in [0.1, 0.15) is 33.6 Å². The highest BCUT2D eigenvalue weighted by molar-refractivity contribution is 5.91.